The van der Waals surface area contributed by atoms with E-state index in [0.29, 0.717) is 41.6 Å². The number of hydrogen-bond donors (Lipinski definition) is 0. The molecule has 10 nitrogen and oxygen atoms in total. The Kier molecular flexibility index (Phi) is 8.99. The SMILES string of the molecule is COc1ccc(OC(CCCN2C3CCC2CN(S(=O)(=O)c2c(C)nn(C)c2Cl)C3)c2ccc(C#N)cc2)cc1OC. The molecule has 0 saturated carbocycles. The minimum Gasteiger partial charge on any atom is -0.493 e. The Labute approximate surface area is 252 Å². The Bertz CT molecular complexity index is 1560. The number of benzene rings is 2. The van der Waals surface area contributed by atoms with Gasteiger partial charge in [0.05, 0.1) is 31.5 Å². The van der Waals surface area contributed by atoms with Gasteiger partial charge in [0.15, 0.2) is 11.5 Å². The van der Waals surface area contributed by atoms with Crippen molar-refractivity contribution in [1.82, 2.24) is 19.0 Å². The molecule has 2 bridgehead atoms. The highest BCUT2D eigenvalue weighted by Gasteiger charge is 2.44. The van der Waals surface area contributed by atoms with Crippen LogP contribution in [0.2, 0.25) is 5.15 Å². The quantitative estimate of drug-likeness (QED) is 0.306. The maximum atomic E-state index is 13.5. The number of sulfonamides is 1. The van der Waals surface area contributed by atoms with Gasteiger partial charge in [0.1, 0.15) is 21.9 Å². The van der Waals surface area contributed by atoms with Crippen LogP contribution in [0.3, 0.4) is 0 Å². The summed E-state index contributed by atoms with van der Waals surface area (Å²) in [5.74, 6) is 1.86. The number of rotatable bonds is 11. The van der Waals surface area contributed by atoms with Gasteiger partial charge in [-0.25, -0.2) is 8.42 Å². The molecule has 2 aliphatic heterocycles. The molecule has 0 radical (unpaired) electrons. The van der Waals surface area contributed by atoms with E-state index in [1.807, 2.05) is 30.3 Å². The number of methoxy groups -OCH3 is 2. The fourth-order valence-corrected chi connectivity index (χ4v) is 8.35. The van der Waals surface area contributed by atoms with Crippen LogP contribution in [0, 0.1) is 18.3 Å². The van der Waals surface area contributed by atoms with Gasteiger partial charge in [-0.15, -0.1) is 0 Å². The standard InChI is InChI=1S/C30H36ClN5O5S/c1-20-29(30(31)34(2)33-20)42(37,38)35-18-23-11-12-24(19-35)36(23)15-5-6-26(22-9-7-21(17-32)8-10-22)41-25-13-14-27(39-3)28(16-25)40-4/h7-10,13-14,16,23-24,26H,5-6,11-12,15,18-19H2,1-4H3. The maximum absolute atomic E-state index is 13.5. The Morgan fingerprint density at radius 3 is 2.31 bits per heavy atom. The molecular weight excluding hydrogens is 578 g/mol. The molecular formula is C30H36ClN5O5S. The van der Waals surface area contributed by atoms with Gasteiger partial charge in [-0.3, -0.25) is 9.58 Å². The topological polar surface area (TPSA) is 110 Å². The fourth-order valence-electron chi connectivity index (χ4n) is 6.12. The highest BCUT2D eigenvalue weighted by atomic mass is 35.5. The molecule has 2 aliphatic rings. The van der Waals surface area contributed by atoms with Crippen molar-refractivity contribution in [3.05, 3.63) is 64.4 Å². The first kappa shape index (κ1) is 30.2. The van der Waals surface area contributed by atoms with Gasteiger partial charge in [-0.2, -0.15) is 14.7 Å². The van der Waals surface area contributed by atoms with Crippen LogP contribution in [0.5, 0.6) is 17.2 Å². The average Bonchev–Trinajstić information content (AvgIpc) is 3.38. The van der Waals surface area contributed by atoms with E-state index in [0.717, 1.165) is 37.8 Å². The van der Waals surface area contributed by atoms with Crippen molar-refractivity contribution < 1.29 is 22.6 Å². The molecule has 1 aromatic heterocycles. The van der Waals surface area contributed by atoms with Crippen LogP contribution in [0.4, 0.5) is 0 Å². The highest BCUT2D eigenvalue weighted by molar-refractivity contribution is 7.89. The van der Waals surface area contributed by atoms with Crippen LogP contribution in [0.1, 0.15) is 48.6 Å². The number of aryl methyl sites for hydroxylation is 2. The monoisotopic (exact) mass is 613 g/mol. The fraction of sp³-hybridized carbons (Fsp3) is 0.467. The lowest BCUT2D eigenvalue weighted by atomic mass is 10.0. The molecule has 3 atom stereocenters. The molecule has 12 heteroatoms. The molecule has 0 amide bonds. The molecule has 3 unspecified atom stereocenters. The van der Waals surface area contributed by atoms with Gasteiger partial charge in [-0.05, 0) is 69.0 Å². The Morgan fingerprint density at radius 1 is 1.07 bits per heavy atom. The molecule has 0 N–H and O–H groups in total. The summed E-state index contributed by atoms with van der Waals surface area (Å²) in [7, 11) is 1.09. The van der Waals surface area contributed by atoms with E-state index in [1.165, 1.54) is 4.68 Å². The summed E-state index contributed by atoms with van der Waals surface area (Å²) in [4.78, 5) is 2.56. The van der Waals surface area contributed by atoms with Crippen LogP contribution >= 0.6 is 11.6 Å². The van der Waals surface area contributed by atoms with Crippen LogP contribution < -0.4 is 14.2 Å². The molecule has 224 valence electrons. The second-order valence-corrected chi connectivity index (χ2v) is 13.0. The highest BCUT2D eigenvalue weighted by Crippen LogP contribution is 2.37. The molecule has 2 fully saturated rings. The van der Waals surface area contributed by atoms with Gasteiger partial charge in [-0.1, -0.05) is 23.7 Å². The molecule has 2 saturated heterocycles. The van der Waals surface area contributed by atoms with Gasteiger partial charge in [0, 0.05) is 38.3 Å². The van der Waals surface area contributed by atoms with Crippen LogP contribution in [-0.4, -0.2) is 73.3 Å². The first-order chi connectivity index (χ1) is 20.2. The smallest absolute Gasteiger partial charge is 0.248 e. The molecule has 3 aromatic rings. The van der Waals surface area contributed by atoms with Crippen molar-refractivity contribution in [1.29, 1.82) is 5.26 Å². The number of nitrogens with zero attached hydrogens (tertiary/aromatic N) is 5. The van der Waals surface area contributed by atoms with Crippen molar-refractivity contribution in [2.24, 2.45) is 7.05 Å². The van der Waals surface area contributed by atoms with E-state index in [2.05, 4.69) is 16.1 Å². The van der Waals surface area contributed by atoms with Crippen LogP contribution in [0.25, 0.3) is 0 Å². The Balaban J connectivity index is 1.27. The van der Waals surface area contributed by atoms with Gasteiger partial charge in [0.2, 0.25) is 10.0 Å². The van der Waals surface area contributed by atoms with Gasteiger partial charge in [0.25, 0.3) is 0 Å². The molecule has 3 heterocycles. The van der Waals surface area contributed by atoms with E-state index in [9.17, 15) is 13.7 Å². The van der Waals surface area contributed by atoms with E-state index in [4.69, 9.17) is 25.8 Å². The number of piperazine rings is 1. The number of fused-ring (bicyclic) bond motifs is 2. The lowest BCUT2D eigenvalue weighted by molar-refractivity contribution is 0.101. The Morgan fingerprint density at radius 2 is 1.74 bits per heavy atom. The number of aromatic nitrogens is 2. The molecule has 2 aromatic carbocycles. The zero-order valence-electron chi connectivity index (χ0n) is 24.3. The summed E-state index contributed by atoms with van der Waals surface area (Å²) in [5.41, 5.74) is 1.99. The number of nitriles is 1. The molecule has 0 aliphatic carbocycles. The lowest BCUT2D eigenvalue weighted by Crippen LogP contribution is -2.55. The van der Waals surface area contributed by atoms with E-state index in [-0.39, 0.29) is 28.2 Å². The third-order valence-corrected chi connectivity index (χ3v) is 10.8. The largest absolute Gasteiger partial charge is 0.493 e. The van der Waals surface area contributed by atoms with Crippen LogP contribution in [0.15, 0.2) is 47.4 Å². The summed E-state index contributed by atoms with van der Waals surface area (Å²) in [6.45, 7) is 3.38. The Hall–Kier alpha value is -3.30. The minimum atomic E-state index is -3.74. The van der Waals surface area contributed by atoms with E-state index >= 15 is 0 Å². The third-order valence-electron chi connectivity index (χ3n) is 8.23. The lowest BCUT2D eigenvalue weighted by Gasteiger charge is -2.40. The first-order valence-electron chi connectivity index (χ1n) is 14.0. The predicted octanol–water partition coefficient (Wildman–Crippen LogP) is 4.71. The summed E-state index contributed by atoms with van der Waals surface area (Å²) in [6.07, 6.45) is 3.26. The normalized spacial score (nSPS) is 19.8. The van der Waals surface area contributed by atoms with Crippen molar-refractivity contribution in [3.63, 3.8) is 0 Å². The van der Waals surface area contributed by atoms with Crippen LogP contribution in [-0.2, 0) is 17.1 Å². The summed E-state index contributed by atoms with van der Waals surface area (Å²) in [6, 6.07) is 15.4. The third kappa shape index (κ3) is 5.95. The predicted molar refractivity (Wildman–Crippen MR) is 159 cm³/mol. The van der Waals surface area contributed by atoms with Crippen molar-refractivity contribution in [2.45, 2.75) is 55.7 Å². The van der Waals surface area contributed by atoms with Crippen molar-refractivity contribution in [2.75, 3.05) is 33.9 Å². The van der Waals surface area contributed by atoms with E-state index in [1.54, 1.807) is 44.6 Å². The van der Waals surface area contributed by atoms with Crippen molar-refractivity contribution >= 4 is 21.6 Å². The number of ether oxygens (including phenoxy) is 3. The second-order valence-electron chi connectivity index (χ2n) is 10.8. The second kappa shape index (κ2) is 12.5. The van der Waals surface area contributed by atoms with E-state index < -0.39 is 10.0 Å². The number of halogens is 1. The summed E-state index contributed by atoms with van der Waals surface area (Å²) >= 11 is 6.33. The molecule has 5 rings (SSSR count). The molecule has 42 heavy (non-hydrogen) atoms. The zero-order valence-corrected chi connectivity index (χ0v) is 25.9. The first-order valence-corrected chi connectivity index (χ1v) is 15.8. The zero-order chi connectivity index (χ0) is 30.0. The van der Waals surface area contributed by atoms with Gasteiger partial charge < -0.3 is 14.2 Å². The molecule has 0 spiro atoms. The van der Waals surface area contributed by atoms with Crippen molar-refractivity contribution in [3.8, 4) is 23.3 Å². The summed E-state index contributed by atoms with van der Waals surface area (Å²) < 4.78 is 47.4. The summed E-state index contributed by atoms with van der Waals surface area (Å²) in [5, 5.41) is 13.6. The maximum Gasteiger partial charge on any atom is 0.248 e. The number of hydrogen-bond acceptors (Lipinski definition) is 8. The minimum absolute atomic E-state index is 0.108. The average molecular weight is 614 g/mol. The van der Waals surface area contributed by atoms with Gasteiger partial charge >= 0.3 is 0 Å².